The fraction of sp³-hybridized carbons (Fsp3) is 0. The van der Waals surface area contributed by atoms with Gasteiger partial charge in [0.25, 0.3) is 0 Å². The highest BCUT2D eigenvalue weighted by atomic mass is 16.3. The number of rotatable bonds is 5. The first-order chi connectivity index (χ1) is 30.3. The first-order valence-corrected chi connectivity index (χ1v) is 20.5. The Kier molecular flexibility index (Phi) is 7.21. The molecule has 0 fully saturated rings. The molecule has 13 aromatic rings. The van der Waals surface area contributed by atoms with Gasteiger partial charge in [-0.2, -0.15) is 0 Å². The molecule has 0 saturated carbocycles. The first-order valence-electron chi connectivity index (χ1n) is 20.5. The Morgan fingerprint density at radius 3 is 1.49 bits per heavy atom. The quantitative estimate of drug-likeness (QED) is 0.175. The van der Waals surface area contributed by atoms with Crippen LogP contribution >= 0.6 is 0 Å². The van der Waals surface area contributed by atoms with E-state index in [4.69, 9.17) is 19.4 Å². The number of hydrogen-bond donors (Lipinski definition) is 0. The van der Waals surface area contributed by atoms with E-state index >= 15 is 0 Å². The highest BCUT2D eigenvalue weighted by Gasteiger charge is 2.23. The molecule has 0 N–H and O–H groups in total. The lowest BCUT2D eigenvalue weighted by molar-refractivity contribution is 0.672. The van der Waals surface area contributed by atoms with Crippen molar-refractivity contribution in [2.45, 2.75) is 0 Å². The number of fused-ring (bicyclic) bond motifs is 11. The molecule has 6 heteroatoms. The summed E-state index contributed by atoms with van der Waals surface area (Å²) in [6, 6.07) is 70.3. The molecule has 0 bridgehead atoms. The van der Waals surface area contributed by atoms with E-state index in [9.17, 15) is 0 Å². The lowest BCUT2D eigenvalue weighted by Crippen LogP contribution is -2.00. The molecule has 61 heavy (non-hydrogen) atoms. The van der Waals surface area contributed by atoms with Crippen LogP contribution in [0.5, 0.6) is 0 Å². The summed E-state index contributed by atoms with van der Waals surface area (Å²) in [7, 11) is 0. The molecule has 6 nitrogen and oxygen atoms in total. The molecule has 0 aliphatic carbocycles. The number of nitrogens with zero attached hydrogens (tertiary/aromatic N) is 5. The minimum absolute atomic E-state index is 0.588. The summed E-state index contributed by atoms with van der Waals surface area (Å²) in [4.78, 5) is 15.3. The van der Waals surface area contributed by atoms with Gasteiger partial charge in [-0.3, -0.25) is 0 Å². The predicted octanol–water partition coefficient (Wildman–Crippen LogP) is 14.1. The van der Waals surface area contributed by atoms with Crippen molar-refractivity contribution in [1.82, 2.24) is 24.1 Å². The zero-order chi connectivity index (χ0) is 40.0. The van der Waals surface area contributed by atoms with Crippen LogP contribution in [0.15, 0.2) is 205 Å². The summed E-state index contributed by atoms with van der Waals surface area (Å²) in [5.74, 6) is 1.82. The topological polar surface area (TPSA) is 61.7 Å². The molecule has 0 saturated heterocycles. The van der Waals surface area contributed by atoms with E-state index in [0.717, 1.165) is 71.8 Å². The fourth-order valence-corrected chi connectivity index (χ4v) is 9.47. The Morgan fingerprint density at radius 1 is 0.344 bits per heavy atom. The molecule has 13 rings (SSSR count). The van der Waals surface area contributed by atoms with E-state index in [1.165, 1.54) is 32.6 Å². The summed E-state index contributed by atoms with van der Waals surface area (Å²) in [6.45, 7) is 0. The van der Waals surface area contributed by atoms with Crippen molar-refractivity contribution < 1.29 is 4.42 Å². The molecular weight excluding hydrogens is 747 g/mol. The van der Waals surface area contributed by atoms with E-state index < -0.39 is 0 Å². The molecule has 4 aromatic heterocycles. The molecule has 9 aromatic carbocycles. The monoisotopic (exact) mass is 779 g/mol. The Bertz CT molecular complexity index is 3810. The smallest absolute Gasteiger partial charge is 0.164 e. The van der Waals surface area contributed by atoms with Crippen molar-refractivity contribution in [3.8, 4) is 45.5 Å². The van der Waals surface area contributed by atoms with Crippen molar-refractivity contribution in [2.75, 3.05) is 0 Å². The maximum atomic E-state index is 6.87. The van der Waals surface area contributed by atoms with Gasteiger partial charge in [-0.25, -0.2) is 15.0 Å². The molecule has 0 atom stereocenters. The van der Waals surface area contributed by atoms with Crippen molar-refractivity contribution in [2.24, 2.45) is 0 Å². The van der Waals surface area contributed by atoms with Crippen LogP contribution in [0.1, 0.15) is 0 Å². The van der Waals surface area contributed by atoms with Crippen molar-refractivity contribution in [3.05, 3.63) is 200 Å². The molecule has 0 aliphatic rings. The maximum Gasteiger partial charge on any atom is 0.164 e. The lowest BCUT2D eigenvalue weighted by Gasteiger charge is -2.13. The molecule has 4 heterocycles. The second kappa shape index (κ2) is 13.1. The number of para-hydroxylation sites is 3. The van der Waals surface area contributed by atoms with E-state index in [0.29, 0.717) is 17.5 Å². The summed E-state index contributed by atoms with van der Waals surface area (Å²) in [5.41, 5.74) is 11.2. The lowest BCUT2D eigenvalue weighted by atomic mass is 10.0. The molecule has 284 valence electrons. The minimum atomic E-state index is 0.588. The number of benzene rings is 9. The van der Waals surface area contributed by atoms with Crippen LogP contribution in [0.2, 0.25) is 0 Å². The van der Waals surface area contributed by atoms with Crippen molar-refractivity contribution >= 4 is 76.3 Å². The first kappa shape index (κ1) is 33.6. The third kappa shape index (κ3) is 5.06. The van der Waals surface area contributed by atoms with Crippen molar-refractivity contribution in [1.29, 1.82) is 0 Å². The summed E-state index contributed by atoms with van der Waals surface area (Å²) < 4.78 is 11.7. The Balaban J connectivity index is 1.12. The standard InChI is InChI=1S/C55H33N5O/c1-4-17-34(18-5-1)53-56-54(35-19-6-2-7-20-35)58-55(57-53)41-27-16-30-50-51(41)44-33-47(37-23-10-11-26-40(37)52(44)61-50)60-46-29-15-13-25-39(46)43-31-48-42(32-49(43)60)38-24-12-14-28-45(38)59(48)36-21-8-3-9-22-36/h1-33H. The SMILES string of the molecule is c1ccc(-c2nc(-c3ccccc3)nc(-c3cccc4oc5c6ccccc6c(-n6c7ccccc7c7cc8c(cc76)c6ccccc6n8-c6ccccc6)cc5c34)n2)cc1. The van der Waals surface area contributed by atoms with Crippen LogP contribution in [0.3, 0.4) is 0 Å². The van der Waals surface area contributed by atoms with Crippen LogP contribution in [0.25, 0.3) is 122 Å². The second-order valence-corrected chi connectivity index (χ2v) is 15.6. The van der Waals surface area contributed by atoms with Gasteiger partial charge in [-0.15, -0.1) is 0 Å². The van der Waals surface area contributed by atoms with Gasteiger partial charge in [0.15, 0.2) is 17.5 Å². The molecule has 0 aliphatic heterocycles. The molecule has 0 amide bonds. The van der Waals surface area contributed by atoms with E-state index in [1.807, 2.05) is 72.8 Å². The third-order valence-corrected chi connectivity index (χ3v) is 12.1. The number of furan rings is 1. The second-order valence-electron chi connectivity index (χ2n) is 15.6. The van der Waals surface area contributed by atoms with Gasteiger partial charge in [-0.1, -0.05) is 152 Å². The van der Waals surface area contributed by atoms with E-state index in [1.54, 1.807) is 0 Å². The van der Waals surface area contributed by atoms with Gasteiger partial charge in [0, 0.05) is 65.5 Å². The summed E-state index contributed by atoms with van der Waals surface area (Å²) in [5, 5.41) is 8.90. The Labute approximate surface area is 349 Å². The van der Waals surface area contributed by atoms with Gasteiger partial charge < -0.3 is 13.6 Å². The van der Waals surface area contributed by atoms with Crippen molar-refractivity contribution in [3.63, 3.8) is 0 Å². The fourth-order valence-electron chi connectivity index (χ4n) is 9.47. The number of hydrogen-bond acceptors (Lipinski definition) is 4. The maximum absolute atomic E-state index is 6.87. The highest BCUT2D eigenvalue weighted by molar-refractivity contribution is 6.23. The zero-order valence-corrected chi connectivity index (χ0v) is 32.7. The van der Waals surface area contributed by atoms with Crippen LogP contribution in [-0.2, 0) is 0 Å². The van der Waals surface area contributed by atoms with Gasteiger partial charge >= 0.3 is 0 Å². The normalized spacial score (nSPS) is 11.9. The average Bonchev–Trinajstić information content (AvgIpc) is 3.99. The molecule has 0 spiro atoms. The van der Waals surface area contributed by atoms with Gasteiger partial charge in [-0.05, 0) is 48.5 Å². The highest BCUT2D eigenvalue weighted by Crippen LogP contribution is 2.45. The Hall–Kier alpha value is -8.35. The third-order valence-electron chi connectivity index (χ3n) is 12.1. The Morgan fingerprint density at radius 2 is 0.852 bits per heavy atom. The molecule has 0 radical (unpaired) electrons. The number of aromatic nitrogens is 5. The van der Waals surface area contributed by atoms with Gasteiger partial charge in [0.05, 0.1) is 27.8 Å². The summed E-state index contributed by atoms with van der Waals surface area (Å²) in [6.07, 6.45) is 0. The van der Waals surface area contributed by atoms with Crippen LogP contribution in [0, 0.1) is 0 Å². The van der Waals surface area contributed by atoms with Gasteiger partial charge in [0.2, 0.25) is 0 Å². The zero-order valence-electron chi connectivity index (χ0n) is 32.7. The van der Waals surface area contributed by atoms with Crippen LogP contribution < -0.4 is 0 Å². The van der Waals surface area contributed by atoms with Crippen LogP contribution in [0.4, 0.5) is 0 Å². The molecule has 0 unspecified atom stereocenters. The molecular formula is C55H33N5O. The minimum Gasteiger partial charge on any atom is -0.455 e. The average molecular weight is 780 g/mol. The summed E-state index contributed by atoms with van der Waals surface area (Å²) >= 11 is 0. The van der Waals surface area contributed by atoms with Gasteiger partial charge in [0.1, 0.15) is 11.2 Å². The largest absolute Gasteiger partial charge is 0.455 e. The van der Waals surface area contributed by atoms with E-state index in [2.05, 4.69) is 137 Å². The predicted molar refractivity (Wildman–Crippen MR) is 250 cm³/mol. The van der Waals surface area contributed by atoms with E-state index in [-0.39, 0.29) is 0 Å². The van der Waals surface area contributed by atoms with Crippen LogP contribution in [-0.4, -0.2) is 24.1 Å².